The number of benzene rings is 3. The molecule has 1 unspecified atom stereocenters. The molecule has 0 aliphatic heterocycles. The van der Waals surface area contributed by atoms with Crippen molar-refractivity contribution in [3.63, 3.8) is 0 Å². The van der Waals surface area contributed by atoms with Crippen LogP contribution in [0.2, 0.25) is 0 Å². The molecule has 3 aromatic rings. The molecule has 0 saturated carbocycles. The Morgan fingerprint density at radius 1 is 0.882 bits per heavy atom. The maximum Gasteiger partial charge on any atom is 0.242 e. The first kappa shape index (κ1) is 25.4. The van der Waals surface area contributed by atoms with Crippen LogP contribution in [0.1, 0.15) is 25.0 Å². The van der Waals surface area contributed by atoms with E-state index in [1.807, 2.05) is 63.2 Å². The highest BCUT2D eigenvalue weighted by Gasteiger charge is 2.24. The second kappa shape index (κ2) is 11.3. The Labute approximate surface area is 201 Å². The van der Waals surface area contributed by atoms with Crippen LogP contribution in [0.5, 0.6) is 0 Å². The zero-order valence-electron chi connectivity index (χ0n) is 19.7. The summed E-state index contributed by atoms with van der Waals surface area (Å²) in [7, 11) is -3.65. The SMILES string of the molecule is Cc1ccc(S(=O)(=O)NCCNC(=O)C(NC(=O)Cc2ccc3ccccc3c2)C(C)C)cc1. The summed E-state index contributed by atoms with van der Waals surface area (Å²) in [6.07, 6.45) is 0.164. The fourth-order valence-electron chi connectivity index (χ4n) is 3.58. The van der Waals surface area contributed by atoms with Crippen molar-refractivity contribution in [1.29, 1.82) is 0 Å². The van der Waals surface area contributed by atoms with Crippen molar-refractivity contribution in [1.82, 2.24) is 15.4 Å². The van der Waals surface area contributed by atoms with E-state index < -0.39 is 16.1 Å². The summed E-state index contributed by atoms with van der Waals surface area (Å²) in [5.74, 6) is -0.731. The summed E-state index contributed by atoms with van der Waals surface area (Å²) in [6, 6.07) is 19.6. The first-order chi connectivity index (χ1) is 16.2. The van der Waals surface area contributed by atoms with E-state index >= 15 is 0 Å². The number of fused-ring (bicyclic) bond motifs is 1. The van der Waals surface area contributed by atoms with Gasteiger partial charge in [0.05, 0.1) is 11.3 Å². The predicted molar refractivity (Wildman–Crippen MR) is 134 cm³/mol. The van der Waals surface area contributed by atoms with Gasteiger partial charge in [-0.3, -0.25) is 9.59 Å². The van der Waals surface area contributed by atoms with Gasteiger partial charge in [-0.05, 0) is 41.3 Å². The van der Waals surface area contributed by atoms with E-state index in [9.17, 15) is 18.0 Å². The van der Waals surface area contributed by atoms with E-state index in [0.717, 1.165) is 21.9 Å². The number of carbonyl (C=O) groups excluding carboxylic acids is 2. The van der Waals surface area contributed by atoms with Crippen LogP contribution in [-0.2, 0) is 26.0 Å². The van der Waals surface area contributed by atoms with Gasteiger partial charge in [0.25, 0.3) is 0 Å². The van der Waals surface area contributed by atoms with Crippen LogP contribution >= 0.6 is 0 Å². The number of rotatable bonds is 10. The molecule has 3 aromatic carbocycles. The summed E-state index contributed by atoms with van der Waals surface area (Å²) < 4.78 is 27.2. The van der Waals surface area contributed by atoms with Gasteiger partial charge in [-0.2, -0.15) is 0 Å². The molecule has 0 aromatic heterocycles. The first-order valence-corrected chi connectivity index (χ1v) is 12.7. The normalized spacial score (nSPS) is 12.5. The Balaban J connectivity index is 1.51. The lowest BCUT2D eigenvalue weighted by Gasteiger charge is -2.22. The van der Waals surface area contributed by atoms with Crippen molar-refractivity contribution in [2.75, 3.05) is 13.1 Å². The largest absolute Gasteiger partial charge is 0.353 e. The molecule has 180 valence electrons. The number of aryl methyl sites for hydroxylation is 1. The third-order valence-corrected chi connectivity index (χ3v) is 6.97. The van der Waals surface area contributed by atoms with Gasteiger partial charge in [0.2, 0.25) is 21.8 Å². The van der Waals surface area contributed by atoms with Gasteiger partial charge in [0.1, 0.15) is 6.04 Å². The minimum absolute atomic E-state index is 0.0395. The van der Waals surface area contributed by atoms with E-state index in [4.69, 9.17) is 0 Å². The van der Waals surface area contributed by atoms with E-state index in [1.165, 1.54) is 12.1 Å². The lowest BCUT2D eigenvalue weighted by Crippen LogP contribution is -2.51. The second-order valence-corrected chi connectivity index (χ2v) is 10.4. The highest BCUT2D eigenvalue weighted by molar-refractivity contribution is 7.89. The summed E-state index contributed by atoms with van der Waals surface area (Å²) in [4.78, 5) is 25.5. The fourth-order valence-corrected chi connectivity index (χ4v) is 4.61. The van der Waals surface area contributed by atoms with Crippen molar-refractivity contribution in [2.24, 2.45) is 5.92 Å². The lowest BCUT2D eigenvalue weighted by atomic mass is 10.0. The molecule has 7 nitrogen and oxygen atoms in total. The lowest BCUT2D eigenvalue weighted by molar-refractivity contribution is -0.129. The Bertz CT molecular complexity index is 1250. The molecule has 3 N–H and O–H groups in total. The molecule has 0 spiro atoms. The molecular weight excluding hydrogens is 450 g/mol. The minimum atomic E-state index is -3.65. The van der Waals surface area contributed by atoms with Crippen molar-refractivity contribution in [3.05, 3.63) is 77.9 Å². The van der Waals surface area contributed by atoms with Crippen molar-refractivity contribution in [2.45, 2.75) is 38.1 Å². The first-order valence-electron chi connectivity index (χ1n) is 11.3. The summed E-state index contributed by atoms with van der Waals surface area (Å²) in [5.41, 5.74) is 1.83. The molecule has 0 radical (unpaired) electrons. The van der Waals surface area contributed by atoms with Crippen LogP contribution in [0.25, 0.3) is 10.8 Å². The Hall–Kier alpha value is -3.23. The molecule has 0 aliphatic rings. The van der Waals surface area contributed by atoms with Crippen LogP contribution in [-0.4, -0.2) is 39.4 Å². The molecule has 1 atom stereocenters. The third-order valence-electron chi connectivity index (χ3n) is 5.49. The molecule has 2 amide bonds. The number of carbonyl (C=O) groups is 2. The number of hydrogen-bond donors (Lipinski definition) is 3. The highest BCUT2D eigenvalue weighted by atomic mass is 32.2. The van der Waals surface area contributed by atoms with Gasteiger partial charge in [0.15, 0.2) is 0 Å². The van der Waals surface area contributed by atoms with Crippen LogP contribution in [0.3, 0.4) is 0 Å². The van der Waals surface area contributed by atoms with E-state index in [-0.39, 0.29) is 42.1 Å². The molecule has 8 heteroatoms. The zero-order chi connectivity index (χ0) is 24.7. The average Bonchev–Trinajstić information content (AvgIpc) is 2.80. The van der Waals surface area contributed by atoms with Gasteiger partial charge < -0.3 is 10.6 Å². The van der Waals surface area contributed by atoms with Gasteiger partial charge in [-0.25, -0.2) is 13.1 Å². The molecule has 0 bridgehead atoms. The molecule has 0 fully saturated rings. The third kappa shape index (κ3) is 6.88. The van der Waals surface area contributed by atoms with Crippen LogP contribution in [0, 0.1) is 12.8 Å². The average molecular weight is 482 g/mol. The summed E-state index contributed by atoms with van der Waals surface area (Å²) in [5, 5.41) is 7.68. The molecule has 3 rings (SSSR count). The van der Waals surface area contributed by atoms with Crippen LogP contribution in [0.4, 0.5) is 0 Å². The standard InChI is InChI=1S/C26H31N3O4S/c1-18(2)25(29-24(30)17-20-10-11-21-6-4-5-7-22(21)16-20)26(31)27-14-15-28-34(32,33)23-12-8-19(3)9-13-23/h4-13,16,18,25,28H,14-15,17H2,1-3H3,(H,27,31)(H,29,30). The predicted octanol–water partition coefficient (Wildman–Crippen LogP) is 2.93. The van der Waals surface area contributed by atoms with E-state index in [1.54, 1.807) is 12.1 Å². The molecular formula is C26H31N3O4S. The monoisotopic (exact) mass is 481 g/mol. The molecule has 0 aliphatic carbocycles. The van der Waals surface area contributed by atoms with Crippen LogP contribution < -0.4 is 15.4 Å². The topological polar surface area (TPSA) is 104 Å². The Kier molecular flexibility index (Phi) is 8.41. The summed E-state index contributed by atoms with van der Waals surface area (Å²) >= 11 is 0. The Morgan fingerprint density at radius 2 is 1.56 bits per heavy atom. The molecule has 0 heterocycles. The maximum absolute atomic E-state index is 12.7. The van der Waals surface area contributed by atoms with E-state index in [2.05, 4.69) is 15.4 Å². The van der Waals surface area contributed by atoms with Gasteiger partial charge in [-0.1, -0.05) is 74.0 Å². The summed E-state index contributed by atoms with van der Waals surface area (Å²) in [6.45, 7) is 5.72. The van der Waals surface area contributed by atoms with E-state index in [0.29, 0.717) is 0 Å². The number of amides is 2. The fraction of sp³-hybridized carbons (Fsp3) is 0.308. The number of hydrogen-bond acceptors (Lipinski definition) is 4. The van der Waals surface area contributed by atoms with Gasteiger partial charge in [0, 0.05) is 13.1 Å². The smallest absolute Gasteiger partial charge is 0.242 e. The minimum Gasteiger partial charge on any atom is -0.353 e. The quantitative estimate of drug-likeness (QED) is 0.387. The van der Waals surface area contributed by atoms with Crippen molar-refractivity contribution in [3.8, 4) is 0 Å². The zero-order valence-corrected chi connectivity index (χ0v) is 20.5. The Morgan fingerprint density at radius 3 is 2.24 bits per heavy atom. The van der Waals surface area contributed by atoms with Crippen LogP contribution in [0.15, 0.2) is 71.6 Å². The second-order valence-electron chi connectivity index (χ2n) is 8.65. The maximum atomic E-state index is 12.7. The van der Waals surface area contributed by atoms with Gasteiger partial charge >= 0.3 is 0 Å². The number of sulfonamides is 1. The highest BCUT2D eigenvalue weighted by Crippen LogP contribution is 2.16. The van der Waals surface area contributed by atoms with Gasteiger partial charge in [-0.15, -0.1) is 0 Å². The molecule has 34 heavy (non-hydrogen) atoms. The van der Waals surface area contributed by atoms with Crippen molar-refractivity contribution >= 4 is 32.6 Å². The number of nitrogens with one attached hydrogen (secondary N) is 3. The molecule has 0 saturated heterocycles. The van der Waals surface area contributed by atoms with Crippen molar-refractivity contribution < 1.29 is 18.0 Å².